The fourth-order valence-electron chi connectivity index (χ4n) is 2.18. The number of ether oxygens (including phenoxy) is 1. The molecule has 1 aromatic rings. The van der Waals surface area contributed by atoms with E-state index in [-0.39, 0.29) is 24.8 Å². The second-order valence-corrected chi connectivity index (χ2v) is 4.48. The van der Waals surface area contributed by atoms with Gasteiger partial charge < -0.3 is 15.0 Å². The van der Waals surface area contributed by atoms with E-state index in [1.54, 1.807) is 36.3 Å². The molecule has 0 aromatic heterocycles. The van der Waals surface area contributed by atoms with Crippen molar-refractivity contribution in [2.45, 2.75) is 6.42 Å². The molecule has 1 heterocycles. The van der Waals surface area contributed by atoms with Crippen LogP contribution in [0, 0.1) is 17.2 Å². The molecule has 2 rings (SSSR count). The Labute approximate surface area is 116 Å². The molecule has 20 heavy (non-hydrogen) atoms. The molecule has 1 aliphatic heterocycles. The molecule has 1 aliphatic rings. The Kier molecular flexibility index (Phi) is 4.20. The topological polar surface area (TPSA) is 82.4 Å². The smallest absolute Gasteiger partial charge is 0.227 e. The number of nitriles is 1. The van der Waals surface area contributed by atoms with E-state index in [0.717, 1.165) is 0 Å². The first-order valence-corrected chi connectivity index (χ1v) is 6.24. The van der Waals surface area contributed by atoms with Gasteiger partial charge in [-0.25, -0.2) is 0 Å². The minimum Gasteiger partial charge on any atom is -0.497 e. The van der Waals surface area contributed by atoms with Gasteiger partial charge >= 0.3 is 0 Å². The highest BCUT2D eigenvalue weighted by molar-refractivity contribution is 6.00. The summed E-state index contributed by atoms with van der Waals surface area (Å²) in [5, 5.41) is 10.9. The van der Waals surface area contributed by atoms with E-state index in [4.69, 9.17) is 10.00 Å². The number of nitrogens with zero attached hydrogens (tertiary/aromatic N) is 2. The Balaban J connectivity index is 2.09. The van der Waals surface area contributed by atoms with E-state index in [9.17, 15) is 9.59 Å². The minimum atomic E-state index is -0.415. The first-order valence-electron chi connectivity index (χ1n) is 6.24. The van der Waals surface area contributed by atoms with Crippen LogP contribution < -0.4 is 15.0 Å². The van der Waals surface area contributed by atoms with Gasteiger partial charge in [0.1, 0.15) is 12.3 Å². The summed E-state index contributed by atoms with van der Waals surface area (Å²) in [5.74, 6) is -0.115. The number of hydrogen-bond donors (Lipinski definition) is 1. The molecule has 6 nitrogen and oxygen atoms in total. The fraction of sp³-hybridized carbons (Fsp3) is 0.357. The monoisotopic (exact) mass is 273 g/mol. The van der Waals surface area contributed by atoms with Crippen LogP contribution >= 0.6 is 0 Å². The van der Waals surface area contributed by atoms with Gasteiger partial charge in [-0.1, -0.05) is 6.07 Å². The van der Waals surface area contributed by atoms with Crippen LogP contribution in [0.15, 0.2) is 24.3 Å². The van der Waals surface area contributed by atoms with Crippen molar-refractivity contribution < 1.29 is 14.3 Å². The largest absolute Gasteiger partial charge is 0.497 e. The van der Waals surface area contributed by atoms with Crippen LogP contribution in [0.4, 0.5) is 5.69 Å². The van der Waals surface area contributed by atoms with E-state index < -0.39 is 5.92 Å². The highest BCUT2D eigenvalue weighted by Crippen LogP contribution is 2.27. The average Bonchev–Trinajstić information content (AvgIpc) is 2.87. The summed E-state index contributed by atoms with van der Waals surface area (Å²) < 4.78 is 5.12. The van der Waals surface area contributed by atoms with Crippen molar-refractivity contribution in [1.82, 2.24) is 5.32 Å². The lowest BCUT2D eigenvalue weighted by Crippen LogP contribution is -2.33. The quantitative estimate of drug-likeness (QED) is 0.818. The molecule has 6 heteroatoms. The number of methoxy groups -OCH3 is 1. The summed E-state index contributed by atoms with van der Waals surface area (Å²) in [6.45, 7) is 0.284. The molecule has 1 fully saturated rings. The molecule has 0 aliphatic carbocycles. The van der Waals surface area contributed by atoms with Crippen molar-refractivity contribution >= 4 is 17.5 Å². The Hall–Kier alpha value is -2.55. The number of nitrogens with one attached hydrogen (secondary N) is 1. The molecule has 0 saturated carbocycles. The predicted molar refractivity (Wildman–Crippen MR) is 72.1 cm³/mol. The number of hydrogen-bond acceptors (Lipinski definition) is 4. The van der Waals surface area contributed by atoms with Crippen molar-refractivity contribution in [1.29, 1.82) is 5.26 Å². The second-order valence-electron chi connectivity index (χ2n) is 4.48. The first-order chi connectivity index (χ1) is 9.65. The molecular weight excluding hydrogens is 258 g/mol. The van der Waals surface area contributed by atoms with Crippen LogP contribution in [0.2, 0.25) is 0 Å². The lowest BCUT2D eigenvalue weighted by Gasteiger charge is -2.17. The normalized spacial score (nSPS) is 17.7. The van der Waals surface area contributed by atoms with Crippen LogP contribution in [0.5, 0.6) is 5.75 Å². The zero-order valence-corrected chi connectivity index (χ0v) is 11.1. The molecule has 0 bridgehead atoms. The fourth-order valence-corrected chi connectivity index (χ4v) is 2.18. The predicted octanol–water partition coefficient (Wildman–Crippen LogP) is 0.688. The SMILES string of the molecule is COc1cccc(N2C[C@H](C(=O)NCC#N)CC2=O)c1. The van der Waals surface area contributed by atoms with Crippen LogP contribution in [-0.2, 0) is 9.59 Å². The zero-order valence-electron chi connectivity index (χ0n) is 11.1. The molecule has 1 N–H and O–H groups in total. The highest BCUT2D eigenvalue weighted by atomic mass is 16.5. The maximum absolute atomic E-state index is 12.0. The standard InChI is InChI=1S/C14H15N3O3/c1-20-12-4-2-3-11(8-12)17-9-10(7-13(17)18)14(19)16-6-5-15/h2-4,8,10H,6-7,9H2,1H3,(H,16,19)/t10-/m1/s1. The number of carbonyl (C=O) groups is 2. The zero-order chi connectivity index (χ0) is 14.5. The van der Waals surface area contributed by atoms with Gasteiger partial charge in [0.25, 0.3) is 0 Å². The lowest BCUT2D eigenvalue weighted by atomic mass is 10.1. The van der Waals surface area contributed by atoms with Crippen molar-refractivity contribution in [3.63, 3.8) is 0 Å². The summed E-state index contributed by atoms with van der Waals surface area (Å²) >= 11 is 0. The van der Waals surface area contributed by atoms with Crippen molar-refractivity contribution in [2.24, 2.45) is 5.92 Å². The van der Waals surface area contributed by atoms with Crippen LogP contribution in [0.3, 0.4) is 0 Å². The summed E-state index contributed by atoms with van der Waals surface area (Å²) in [7, 11) is 1.56. The third-order valence-corrected chi connectivity index (χ3v) is 3.20. The summed E-state index contributed by atoms with van der Waals surface area (Å²) in [4.78, 5) is 25.4. The molecule has 2 amide bonds. The van der Waals surface area contributed by atoms with Crippen LogP contribution in [0.1, 0.15) is 6.42 Å². The van der Waals surface area contributed by atoms with E-state index in [1.165, 1.54) is 0 Å². The molecule has 0 radical (unpaired) electrons. The maximum atomic E-state index is 12.0. The van der Waals surface area contributed by atoms with E-state index >= 15 is 0 Å². The number of anilines is 1. The summed E-state index contributed by atoms with van der Waals surface area (Å²) in [6.07, 6.45) is 0.161. The molecule has 1 saturated heterocycles. The average molecular weight is 273 g/mol. The van der Waals surface area contributed by atoms with Gasteiger partial charge in [0.2, 0.25) is 11.8 Å². The van der Waals surface area contributed by atoms with Crippen LogP contribution in [-0.4, -0.2) is 32.0 Å². The Morgan fingerprint density at radius 1 is 1.60 bits per heavy atom. The number of rotatable bonds is 4. The number of benzene rings is 1. The second kappa shape index (κ2) is 6.06. The highest BCUT2D eigenvalue weighted by Gasteiger charge is 2.35. The summed E-state index contributed by atoms with van der Waals surface area (Å²) in [6, 6.07) is 8.99. The van der Waals surface area contributed by atoms with Crippen LogP contribution in [0.25, 0.3) is 0 Å². The Bertz CT molecular complexity index is 565. The Morgan fingerprint density at radius 3 is 3.10 bits per heavy atom. The first kappa shape index (κ1) is 13.9. The molecule has 1 atom stereocenters. The molecule has 1 aromatic carbocycles. The number of amides is 2. The van der Waals surface area contributed by atoms with Gasteiger partial charge in [-0.2, -0.15) is 5.26 Å². The van der Waals surface area contributed by atoms with Crippen molar-refractivity contribution in [3.05, 3.63) is 24.3 Å². The lowest BCUT2D eigenvalue weighted by molar-refractivity contribution is -0.126. The maximum Gasteiger partial charge on any atom is 0.227 e. The molecule has 0 unspecified atom stereocenters. The molecular formula is C14H15N3O3. The molecule has 0 spiro atoms. The molecule has 104 valence electrons. The number of carbonyl (C=O) groups excluding carboxylic acids is 2. The summed E-state index contributed by atoms with van der Waals surface area (Å²) in [5.41, 5.74) is 0.713. The van der Waals surface area contributed by atoms with Gasteiger partial charge in [0.05, 0.1) is 19.1 Å². The van der Waals surface area contributed by atoms with E-state index in [0.29, 0.717) is 18.0 Å². The van der Waals surface area contributed by atoms with E-state index in [2.05, 4.69) is 5.32 Å². The third kappa shape index (κ3) is 2.88. The van der Waals surface area contributed by atoms with Gasteiger partial charge in [-0.05, 0) is 12.1 Å². The third-order valence-electron chi connectivity index (χ3n) is 3.20. The van der Waals surface area contributed by atoms with Gasteiger partial charge in [-0.3, -0.25) is 9.59 Å². The Morgan fingerprint density at radius 2 is 2.40 bits per heavy atom. The van der Waals surface area contributed by atoms with E-state index in [1.807, 2.05) is 6.07 Å². The van der Waals surface area contributed by atoms with Gasteiger partial charge in [-0.15, -0.1) is 0 Å². The minimum absolute atomic E-state index is 0.0390. The van der Waals surface area contributed by atoms with Crippen molar-refractivity contribution in [3.8, 4) is 11.8 Å². The van der Waals surface area contributed by atoms with Crippen molar-refractivity contribution in [2.75, 3.05) is 25.1 Å². The van der Waals surface area contributed by atoms with Gasteiger partial charge in [0.15, 0.2) is 0 Å². The van der Waals surface area contributed by atoms with Gasteiger partial charge in [0, 0.05) is 24.7 Å².